The van der Waals surface area contributed by atoms with Gasteiger partial charge in [0.1, 0.15) is 5.82 Å². The zero-order valence-electron chi connectivity index (χ0n) is 17.0. The van der Waals surface area contributed by atoms with Crippen LogP contribution in [0.15, 0.2) is 66.7 Å². The summed E-state index contributed by atoms with van der Waals surface area (Å²) in [6.45, 7) is -0.166. The molecular formula is C26H15ClF3N2O. The van der Waals surface area contributed by atoms with E-state index in [9.17, 15) is 18.0 Å². The lowest BCUT2D eigenvalue weighted by molar-refractivity contribution is 0.100. The largest absolute Gasteiger partial charge is 0.366 e. The van der Waals surface area contributed by atoms with Crippen molar-refractivity contribution in [1.82, 2.24) is 4.57 Å². The Hall–Kier alpha value is -3.77. The lowest BCUT2D eigenvalue weighted by Crippen LogP contribution is -2.11. The van der Waals surface area contributed by atoms with E-state index in [1.54, 1.807) is 41.0 Å². The summed E-state index contributed by atoms with van der Waals surface area (Å²) >= 11 is 6.00. The van der Waals surface area contributed by atoms with Gasteiger partial charge in [-0.2, -0.15) is 0 Å². The van der Waals surface area contributed by atoms with Gasteiger partial charge in [-0.05, 0) is 59.7 Å². The Bertz CT molecular complexity index is 1560. The summed E-state index contributed by atoms with van der Waals surface area (Å²) in [4.78, 5) is 12.1. The van der Waals surface area contributed by atoms with Crippen LogP contribution in [0.5, 0.6) is 0 Å². The molecule has 7 heteroatoms. The minimum atomic E-state index is -1.27. The smallest absolute Gasteiger partial charge is 0.249 e. The van der Waals surface area contributed by atoms with E-state index < -0.39 is 23.4 Å². The Labute approximate surface area is 191 Å². The fourth-order valence-electron chi connectivity index (χ4n) is 4.14. The standard InChI is InChI=1S/C26H15ClF3N2O/c27-17-7-4-14(5-8-17)15-6-9-19-23(11-15)32(13-16-10-18(28)12-21(29)25(16)30)22-3-1-2-20(24(19)22)26(31)33/h1-8,10-12H,13H2,(H2,31,33). The Morgan fingerprint density at radius 1 is 0.970 bits per heavy atom. The summed E-state index contributed by atoms with van der Waals surface area (Å²) in [5, 5.41) is 1.72. The van der Waals surface area contributed by atoms with Crippen LogP contribution in [0.4, 0.5) is 13.2 Å². The van der Waals surface area contributed by atoms with Crippen molar-refractivity contribution in [3.8, 4) is 11.1 Å². The van der Waals surface area contributed by atoms with Crippen LogP contribution in [0.25, 0.3) is 32.9 Å². The quantitative estimate of drug-likeness (QED) is 0.305. The average Bonchev–Trinajstić information content (AvgIpc) is 3.10. The highest BCUT2D eigenvalue weighted by Crippen LogP contribution is 2.35. The van der Waals surface area contributed by atoms with Crippen LogP contribution in [0.2, 0.25) is 5.02 Å². The van der Waals surface area contributed by atoms with E-state index in [0.717, 1.165) is 17.2 Å². The molecule has 0 aliphatic heterocycles. The summed E-state index contributed by atoms with van der Waals surface area (Å²) in [6.07, 6.45) is 0. The van der Waals surface area contributed by atoms with Crippen LogP contribution < -0.4 is 5.73 Å². The molecule has 0 aliphatic rings. The molecule has 1 amide bonds. The zero-order valence-corrected chi connectivity index (χ0v) is 17.8. The third-order valence-corrected chi connectivity index (χ3v) is 5.89. The molecule has 0 saturated carbocycles. The van der Waals surface area contributed by atoms with Gasteiger partial charge in [0.2, 0.25) is 5.91 Å². The van der Waals surface area contributed by atoms with Crippen molar-refractivity contribution in [3.63, 3.8) is 0 Å². The number of benzene rings is 4. The average molecular weight is 464 g/mol. The molecule has 33 heavy (non-hydrogen) atoms. The van der Waals surface area contributed by atoms with Crippen molar-refractivity contribution in [2.45, 2.75) is 6.54 Å². The molecule has 1 heterocycles. The van der Waals surface area contributed by atoms with Crippen LogP contribution in [-0.4, -0.2) is 10.5 Å². The fraction of sp³-hybridized carbons (Fsp3) is 0.0385. The molecule has 5 aromatic rings. The van der Waals surface area contributed by atoms with E-state index in [1.807, 2.05) is 18.2 Å². The van der Waals surface area contributed by atoms with Crippen molar-refractivity contribution in [1.29, 1.82) is 0 Å². The number of fused-ring (bicyclic) bond motifs is 3. The van der Waals surface area contributed by atoms with Gasteiger partial charge in [0.25, 0.3) is 0 Å². The van der Waals surface area contributed by atoms with E-state index in [2.05, 4.69) is 6.07 Å². The maximum Gasteiger partial charge on any atom is 0.249 e. The van der Waals surface area contributed by atoms with Gasteiger partial charge in [-0.25, -0.2) is 13.2 Å². The monoisotopic (exact) mass is 463 g/mol. The van der Waals surface area contributed by atoms with Crippen molar-refractivity contribution in [3.05, 3.63) is 106 Å². The van der Waals surface area contributed by atoms with Gasteiger partial charge in [-0.15, -0.1) is 0 Å². The number of carbonyl (C=O) groups is 1. The van der Waals surface area contributed by atoms with E-state index in [4.69, 9.17) is 17.3 Å². The predicted molar refractivity (Wildman–Crippen MR) is 123 cm³/mol. The second-order valence-corrected chi connectivity index (χ2v) is 8.10. The molecule has 0 bridgehead atoms. The highest BCUT2D eigenvalue weighted by molar-refractivity contribution is 6.30. The SMILES string of the molecule is NC(=O)c1cccc2c1c1[c]cc(-c3ccc(Cl)cc3)cc1n2Cc1cc(F)cc(F)c1F. The second-order valence-electron chi connectivity index (χ2n) is 7.67. The molecule has 1 radical (unpaired) electrons. The van der Waals surface area contributed by atoms with Gasteiger partial charge in [0.05, 0.1) is 17.6 Å². The first-order chi connectivity index (χ1) is 15.8. The first-order valence-electron chi connectivity index (χ1n) is 9.99. The molecule has 0 aliphatic carbocycles. The molecule has 1 aromatic heterocycles. The van der Waals surface area contributed by atoms with E-state index in [0.29, 0.717) is 32.9 Å². The first kappa shape index (κ1) is 21.1. The predicted octanol–water partition coefficient (Wildman–Crippen LogP) is 6.48. The van der Waals surface area contributed by atoms with Gasteiger partial charge < -0.3 is 10.3 Å². The summed E-state index contributed by atoms with van der Waals surface area (Å²) in [7, 11) is 0. The molecule has 0 atom stereocenters. The minimum Gasteiger partial charge on any atom is -0.366 e. The van der Waals surface area contributed by atoms with E-state index in [1.165, 1.54) is 0 Å². The van der Waals surface area contributed by atoms with Gasteiger partial charge in [-0.1, -0.05) is 29.8 Å². The summed E-state index contributed by atoms with van der Waals surface area (Å²) < 4.78 is 44.0. The van der Waals surface area contributed by atoms with Crippen LogP contribution in [0, 0.1) is 23.5 Å². The molecule has 0 unspecified atom stereocenters. The molecule has 0 saturated heterocycles. The lowest BCUT2D eigenvalue weighted by atomic mass is 10.0. The number of rotatable bonds is 4. The molecule has 3 nitrogen and oxygen atoms in total. The number of aromatic nitrogens is 1. The summed E-state index contributed by atoms with van der Waals surface area (Å²) in [6, 6.07) is 20.5. The topological polar surface area (TPSA) is 48.0 Å². The maximum absolute atomic E-state index is 14.5. The highest BCUT2D eigenvalue weighted by atomic mass is 35.5. The zero-order chi connectivity index (χ0) is 23.3. The van der Waals surface area contributed by atoms with Gasteiger partial charge in [-0.3, -0.25) is 4.79 Å². The molecule has 4 aromatic carbocycles. The van der Waals surface area contributed by atoms with Crippen molar-refractivity contribution in [2.75, 3.05) is 0 Å². The fourth-order valence-corrected chi connectivity index (χ4v) is 4.26. The summed E-state index contributed by atoms with van der Waals surface area (Å²) in [5.41, 5.74) is 8.55. The third kappa shape index (κ3) is 3.62. The number of hydrogen-bond acceptors (Lipinski definition) is 1. The van der Waals surface area contributed by atoms with Crippen molar-refractivity contribution >= 4 is 39.3 Å². The van der Waals surface area contributed by atoms with Crippen molar-refractivity contribution < 1.29 is 18.0 Å². The molecule has 0 spiro atoms. The Morgan fingerprint density at radius 3 is 2.45 bits per heavy atom. The van der Waals surface area contributed by atoms with Crippen LogP contribution in [0.3, 0.4) is 0 Å². The van der Waals surface area contributed by atoms with Gasteiger partial charge in [0, 0.05) is 33.0 Å². The molecule has 5 rings (SSSR count). The maximum atomic E-state index is 14.5. The number of primary amides is 1. The van der Waals surface area contributed by atoms with Crippen LogP contribution >= 0.6 is 11.6 Å². The van der Waals surface area contributed by atoms with Crippen molar-refractivity contribution in [2.24, 2.45) is 5.73 Å². The van der Waals surface area contributed by atoms with Gasteiger partial charge >= 0.3 is 0 Å². The first-order valence-corrected chi connectivity index (χ1v) is 10.4. The third-order valence-electron chi connectivity index (χ3n) is 5.63. The van der Waals surface area contributed by atoms with Crippen LogP contribution in [-0.2, 0) is 6.54 Å². The molecule has 163 valence electrons. The number of halogens is 4. The number of amides is 1. The summed E-state index contributed by atoms with van der Waals surface area (Å²) in [5.74, 6) is -3.90. The van der Waals surface area contributed by atoms with E-state index >= 15 is 0 Å². The Balaban J connectivity index is 1.81. The Morgan fingerprint density at radius 2 is 1.73 bits per heavy atom. The second kappa shape index (κ2) is 7.98. The Kier molecular flexibility index (Phi) is 5.10. The number of nitrogens with zero attached hydrogens (tertiary/aromatic N) is 1. The normalized spacial score (nSPS) is 11.4. The number of hydrogen-bond donors (Lipinski definition) is 1. The van der Waals surface area contributed by atoms with Crippen LogP contribution in [0.1, 0.15) is 15.9 Å². The molecule has 0 fully saturated rings. The number of carbonyl (C=O) groups excluding carboxylic acids is 1. The minimum absolute atomic E-state index is 0.160. The number of nitrogens with two attached hydrogens (primary N) is 1. The molecule has 2 N–H and O–H groups in total. The lowest BCUT2D eigenvalue weighted by Gasteiger charge is -2.11. The molecular weight excluding hydrogens is 449 g/mol. The highest BCUT2D eigenvalue weighted by Gasteiger charge is 2.19. The van der Waals surface area contributed by atoms with Gasteiger partial charge in [0.15, 0.2) is 11.6 Å². The van der Waals surface area contributed by atoms with E-state index in [-0.39, 0.29) is 17.7 Å².